The van der Waals surface area contributed by atoms with E-state index in [1.54, 1.807) is 0 Å². The van der Waals surface area contributed by atoms with Crippen LogP contribution in [0.15, 0.2) is 40.6 Å². The van der Waals surface area contributed by atoms with Crippen molar-refractivity contribution in [1.82, 2.24) is 10.2 Å². The molecule has 178 valence electrons. The van der Waals surface area contributed by atoms with Gasteiger partial charge < -0.3 is 20.3 Å². The first-order chi connectivity index (χ1) is 16.1. The maximum Gasteiger partial charge on any atom is 0.352 e. The molecule has 13 nitrogen and oxygen atoms in total. The number of benzene rings is 1. The van der Waals surface area contributed by atoms with Crippen molar-refractivity contribution in [1.29, 1.82) is 0 Å². The van der Waals surface area contributed by atoms with E-state index in [2.05, 4.69) is 15.3 Å². The number of carbonyl (C=O) groups excluding carboxylic acids is 3. The highest BCUT2D eigenvalue weighted by atomic mass is 32.2. The van der Waals surface area contributed by atoms with Gasteiger partial charge in [0.2, 0.25) is 5.91 Å². The van der Waals surface area contributed by atoms with E-state index in [0.717, 1.165) is 16.7 Å². The molecular weight excluding hydrogens is 470 g/mol. The zero-order chi connectivity index (χ0) is 25.0. The lowest BCUT2D eigenvalue weighted by atomic mass is 9.95. The van der Waals surface area contributed by atoms with Crippen molar-refractivity contribution in [2.45, 2.75) is 30.8 Å². The first-order valence-electron chi connectivity index (χ1n) is 9.82. The number of carboxylic acids is 2. The summed E-state index contributed by atoms with van der Waals surface area (Å²) in [5, 5.41) is 24.3. The molecule has 0 bridgehead atoms. The number of ether oxygens (including phenoxy) is 1. The number of amides is 2. The largest absolute Gasteiger partial charge is 0.480 e. The third-order valence-electron chi connectivity index (χ3n) is 5.14. The number of β-lactam (4-membered cyclic amide) rings is 1. The fourth-order valence-corrected chi connectivity index (χ4v) is 4.88. The van der Waals surface area contributed by atoms with Gasteiger partial charge in [0, 0.05) is 23.2 Å². The zero-order valence-corrected chi connectivity index (χ0v) is 18.5. The Morgan fingerprint density at radius 3 is 2.53 bits per heavy atom. The first kappa shape index (κ1) is 24.6. The molecule has 34 heavy (non-hydrogen) atoms. The Bertz CT molecular complexity index is 1130. The topological polar surface area (TPSA) is 199 Å². The quantitative estimate of drug-likeness (QED) is 0.113. The summed E-state index contributed by atoms with van der Waals surface area (Å²) < 4.78 is 4.86. The van der Waals surface area contributed by atoms with Crippen molar-refractivity contribution < 1.29 is 38.9 Å². The Kier molecular flexibility index (Phi) is 7.44. The third-order valence-corrected chi connectivity index (χ3v) is 6.48. The van der Waals surface area contributed by atoms with Crippen LogP contribution in [-0.4, -0.2) is 68.6 Å². The molecule has 0 spiro atoms. The van der Waals surface area contributed by atoms with Crippen LogP contribution in [0.2, 0.25) is 0 Å². The Morgan fingerprint density at radius 2 is 1.97 bits per heavy atom. The predicted octanol–water partition coefficient (Wildman–Crippen LogP) is 0.967. The van der Waals surface area contributed by atoms with E-state index in [1.165, 1.54) is 31.2 Å². The van der Waals surface area contributed by atoms with Crippen LogP contribution in [0, 0.1) is 0 Å². The molecule has 2 aliphatic rings. The number of carbonyl (C=O) groups is 5. The lowest BCUT2D eigenvalue weighted by molar-refractivity contribution is -0.152. The SMILES string of the molecule is CC(=O)OCC1=C(C(=O)O)N2C(=O)C(NC(=O)C(C(=O)O)c3ccc(CN=[N+]=[N-])cc3)C2SC1. The van der Waals surface area contributed by atoms with Crippen LogP contribution >= 0.6 is 11.8 Å². The summed E-state index contributed by atoms with van der Waals surface area (Å²) in [6, 6.07) is 4.76. The monoisotopic (exact) mass is 489 g/mol. The predicted molar refractivity (Wildman–Crippen MR) is 116 cm³/mol. The van der Waals surface area contributed by atoms with E-state index < -0.39 is 47.1 Å². The molecule has 3 atom stereocenters. The van der Waals surface area contributed by atoms with E-state index >= 15 is 0 Å². The molecule has 3 N–H and O–H groups in total. The van der Waals surface area contributed by atoms with Gasteiger partial charge in [-0.3, -0.25) is 24.1 Å². The molecule has 0 aromatic heterocycles. The Labute approximate surface area is 196 Å². The lowest BCUT2D eigenvalue weighted by Gasteiger charge is -2.49. The molecule has 3 rings (SSSR count). The molecule has 1 saturated heterocycles. The second kappa shape index (κ2) is 10.3. The minimum Gasteiger partial charge on any atom is -0.480 e. The number of aliphatic carboxylic acids is 2. The molecule has 1 aromatic rings. The van der Waals surface area contributed by atoms with E-state index in [-0.39, 0.29) is 35.7 Å². The summed E-state index contributed by atoms with van der Waals surface area (Å²) in [4.78, 5) is 63.8. The third kappa shape index (κ3) is 4.97. The molecule has 0 saturated carbocycles. The van der Waals surface area contributed by atoms with Crippen LogP contribution < -0.4 is 5.32 Å². The highest BCUT2D eigenvalue weighted by Crippen LogP contribution is 2.40. The molecule has 2 heterocycles. The van der Waals surface area contributed by atoms with E-state index in [0.29, 0.717) is 5.56 Å². The smallest absolute Gasteiger partial charge is 0.352 e. The fraction of sp³-hybridized carbons (Fsp3) is 0.350. The maximum atomic E-state index is 12.8. The number of azide groups is 1. The molecule has 1 aromatic carbocycles. The molecular formula is C20H19N5O8S. The van der Waals surface area contributed by atoms with Crippen molar-refractivity contribution in [3.8, 4) is 0 Å². The maximum absolute atomic E-state index is 12.8. The standard InChI is InChI=1S/C20H19N5O8S/c1-9(26)33-7-12-8-34-18-14(17(28)25(18)15(12)20(31)32)23-16(27)13(19(29)30)11-4-2-10(3-5-11)6-22-24-21/h2-5,13-14,18H,6-8H2,1H3,(H,23,27)(H,29,30)(H,31,32). The van der Waals surface area contributed by atoms with Gasteiger partial charge in [-0.2, -0.15) is 0 Å². The molecule has 3 unspecified atom stereocenters. The second-order valence-electron chi connectivity index (χ2n) is 7.34. The minimum absolute atomic E-state index is 0.0604. The lowest BCUT2D eigenvalue weighted by Crippen LogP contribution is -2.71. The van der Waals surface area contributed by atoms with Gasteiger partial charge in [-0.1, -0.05) is 29.4 Å². The van der Waals surface area contributed by atoms with Crippen LogP contribution in [0.4, 0.5) is 0 Å². The van der Waals surface area contributed by atoms with Gasteiger partial charge in [0.15, 0.2) is 5.92 Å². The van der Waals surface area contributed by atoms with Gasteiger partial charge in [0.1, 0.15) is 23.7 Å². The van der Waals surface area contributed by atoms with Gasteiger partial charge >= 0.3 is 17.9 Å². The molecule has 2 amide bonds. The van der Waals surface area contributed by atoms with Crippen LogP contribution in [-0.2, 0) is 35.3 Å². The normalized spacial score (nSPS) is 19.8. The summed E-state index contributed by atoms with van der Waals surface area (Å²) in [5.41, 5.74) is 9.08. The van der Waals surface area contributed by atoms with Crippen LogP contribution in [0.3, 0.4) is 0 Å². The highest BCUT2D eigenvalue weighted by molar-refractivity contribution is 8.00. The summed E-state index contributed by atoms with van der Waals surface area (Å²) in [7, 11) is 0. The van der Waals surface area contributed by atoms with E-state index in [9.17, 15) is 34.2 Å². The van der Waals surface area contributed by atoms with Crippen LogP contribution in [0.5, 0.6) is 0 Å². The van der Waals surface area contributed by atoms with Crippen molar-refractivity contribution in [3.63, 3.8) is 0 Å². The van der Waals surface area contributed by atoms with Crippen molar-refractivity contribution in [2.24, 2.45) is 5.11 Å². The van der Waals surface area contributed by atoms with Gasteiger partial charge in [-0.15, -0.1) is 11.8 Å². The summed E-state index contributed by atoms with van der Waals surface area (Å²) in [5.74, 6) is -6.53. The Hall–Kier alpha value is -4.03. The summed E-state index contributed by atoms with van der Waals surface area (Å²) >= 11 is 1.16. The number of hydrogen-bond acceptors (Lipinski definition) is 8. The average Bonchev–Trinajstić information content (AvgIpc) is 2.79. The molecule has 14 heteroatoms. The average molecular weight is 489 g/mol. The number of nitrogens with zero attached hydrogens (tertiary/aromatic N) is 4. The molecule has 1 fully saturated rings. The minimum atomic E-state index is -1.61. The Morgan fingerprint density at radius 1 is 1.29 bits per heavy atom. The van der Waals surface area contributed by atoms with Crippen molar-refractivity contribution >= 4 is 41.5 Å². The van der Waals surface area contributed by atoms with Crippen molar-refractivity contribution in [2.75, 3.05) is 12.4 Å². The Balaban J connectivity index is 1.75. The molecule has 2 aliphatic heterocycles. The van der Waals surface area contributed by atoms with Crippen molar-refractivity contribution in [3.05, 3.63) is 57.1 Å². The van der Waals surface area contributed by atoms with E-state index in [1.807, 2.05) is 0 Å². The van der Waals surface area contributed by atoms with Gasteiger partial charge in [0.05, 0.1) is 6.54 Å². The number of rotatable bonds is 9. The molecule has 0 aliphatic carbocycles. The number of thioether (sulfide) groups is 1. The number of nitrogens with one attached hydrogen (secondary N) is 1. The fourth-order valence-electron chi connectivity index (χ4n) is 3.55. The number of esters is 1. The number of carboxylic acid groups (broad SMARTS) is 2. The number of fused-ring (bicyclic) bond motifs is 1. The zero-order valence-electron chi connectivity index (χ0n) is 17.7. The number of hydrogen-bond donors (Lipinski definition) is 3. The second-order valence-corrected chi connectivity index (χ2v) is 8.44. The van der Waals surface area contributed by atoms with E-state index in [4.69, 9.17) is 10.3 Å². The first-order valence-corrected chi connectivity index (χ1v) is 10.9. The molecule has 0 radical (unpaired) electrons. The highest BCUT2D eigenvalue weighted by Gasteiger charge is 2.54. The van der Waals surface area contributed by atoms with Gasteiger partial charge in [0.25, 0.3) is 5.91 Å². The van der Waals surface area contributed by atoms with Crippen LogP contribution in [0.25, 0.3) is 10.4 Å². The summed E-state index contributed by atoms with van der Waals surface area (Å²) in [6.45, 7) is 0.950. The van der Waals surface area contributed by atoms with Gasteiger partial charge in [-0.25, -0.2) is 4.79 Å². The van der Waals surface area contributed by atoms with Gasteiger partial charge in [-0.05, 0) is 16.7 Å². The van der Waals surface area contributed by atoms with Crippen LogP contribution in [0.1, 0.15) is 24.0 Å². The summed E-state index contributed by atoms with van der Waals surface area (Å²) in [6.07, 6.45) is 0.